The summed E-state index contributed by atoms with van der Waals surface area (Å²) >= 11 is 3.40. The molecule has 3 rings (SSSR count). The van der Waals surface area contributed by atoms with Gasteiger partial charge >= 0.3 is 0 Å². The second-order valence-corrected chi connectivity index (χ2v) is 12.6. The fourth-order valence-corrected chi connectivity index (χ4v) is 4.46. The number of aromatic nitrogens is 2. The van der Waals surface area contributed by atoms with Gasteiger partial charge in [-0.05, 0) is 40.1 Å². The molecule has 0 spiro atoms. The lowest BCUT2D eigenvalue weighted by atomic mass is 10.0. The van der Waals surface area contributed by atoms with E-state index in [2.05, 4.69) is 36.2 Å². The highest BCUT2D eigenvalue weighted by Crippen LogP contribution is 2.25. The summed E-state index contributed by atoms with van der Waals surface area (Å²) in [6.07, 6.45) is 0.0668. The standard InChI is InChI=1S/C26H33BrFN5O7S/c1-15(2)23-19(24(28)32-25(31-23)33(3)41(4,37)38)10-9-16(34)11-17(35)12-22(36)30-26-29-13-18(40-26)14-39-21-8-6-5-7-20(21)27/h5-10,15-18,34-35H,11-14H2,1-4H3,(H,29,30,36)/t16-,17+,18?/m0/s1. The highest BCUT2D eigenvalue weighted by molar-refractivity contribution is 9.10. The Morgan fingerprint density at radius 1 is 1.32 bits per heavy atom. The number of rotatable bonds is 12. The predicted octanol–water partition coefficient (Wildman–Crippen LogP) is 2.36. The molecular formula is C26H33BrFN5O7S. The number of carbonyl (C=O) groups is 1. The SMILES string of the molecule is CC(C)c1nc(N(C)S(C)(=O)=O)nc(F)c1C=C[C@H](O)C[C@@H](O)CC(=O)NC1=NCC(COc2ccccc2Br)O1. The number of ether oxygens (including phenoxy) is 2. The molecule has 1 amide bonds. The number of benzene rings is 1. The predicted molar refractivity (Wildman–Crippen MR) is 155 cm³/mol. The highest BCUT2D eigenvalue weighted by Gasteiger charge is 2.24. The molecule has 41 heavy (non-hydrogen) atoms. The highest BCUT2D eigenvalue weighted by atomic mass is 79.9. The van der Waals surface area contributed by atoms with Crippen LogP contribution in [0.2, 0.25) is 0 Å². The number of aliphatic hydroxyl groups excluding tert-OH is 2. The molecule has 1 aromatic carbocycles. The zero-order chi connectivity index (χ0) is 30.3. The third-order valence-electron chi connectivity index (χ3n) is 5.89. The Bertz CT molecular complexity index is 1410. The molecule has 0 radical (unpaired) electrons. The van der Waals surface area contributed by atoms with E-state index in [1.807, 2.05) is 18.2 Å². The minimum absolute atomic E-state index is 0.0185. The number of anilines is 1. The third kappa shape index (κ3) is 9.45. The van der Waals surface area contributed by atoms with Crippen molar-refractivity contribution in [2.24, 2.45) is 4.99 Å². The molecule has 1 unspecified atom stereocenters. The molecule has 15 heteroatoms. The van der Waals surface area contributed by atoms with Crippen LogP contribution >= 0.6 is 15.9 Å². The first-order valence-electron chi connectivity index (χ1n) is 12.7. The van der Waals surface area contributed by atoms with Gasteiger partial charge in [-0.2, -0.15) is 9.37 Å². The molecule has 1 aromatic heterocycles. The molecule has 0 bridgehead atoms. The monoisotopic (exact) mass is 657 g/mol. The number of para-hydroxylation sites is 1. The van der Waals surface area contributed by atoms with Crippen LogP contribution in [0.4, 0.5) is 10.3 Å². The van der Waals surface area contributed by atoms with Crippen molar-refractivity contribution in [2.45, 2.75) is 50.9 Å². The lowest BCUT2D eigenvalue weighted by molar-refractivity contribution is -0.122. The van der Waals surface area contributed by atoms with Gasteiger partial charge in [0.25, 0.3) is 6.02 Å². The maximum Gasteiger partial charge on any atom is 0.292 e. The number of aliphatic hydroxyl groups is 2. The fourth-order valence-electron chi connectivity index (χ4n) is 3.68. The van der Waals surface area contributed by atoms with Gasteiger partial charge in [0.05, 0.1) is 47.2 Å². The minimum Gasteiger partial charge on any atom is -0.488 e. The first-order valence-corrected chi connectivity index (χ1v) is 15.3. The summed E-state index contributed by atoms with van der Waals surface area (Å²) in [6.45, 7) is 4.00. The van der Waals surface area contributed by atoms with Crippen molar-refractivity contribution >= 4 is 49.9 Å². The van der Waals surface area contributed by atoms with Gasteiger partial charge in [0.1, 0.15) is 12.4 Å². The molecule has 224 valence electrons. The number of aliphatic imine (C=N–C) groups is 1. The zero-order valence-electron chi connectivity index (χ0n) is 23.0. The summed E-state index contributed by atoms with van der Waals surface area (Å²) < 4.78 is 51.3. The zero-order valence-corrected chi connectivity index (χ0v) is 25.4. The molecule has 12 nitrogen and oxygen atoms in total. The summed E-state index contributed by atoms with van der Waals surface area (Å²) in [5.41, 5.74) is 0.218. The molecule has 2 aromatic rings. The number of nitrogens with one attached hydrogen (secondary N) is 1. The van der Waals surface area contributed by atoms with Crippen molar-refractivity contribution in [3.63, 3.8) is 0 Å². The number of amidine groups is 1. The van der Waals surface area contributed by atoms with Crippen molar-refractivity contribution in [1.82, 2.24) is 15.3 Å². The lowest BCUT2D eigenvalue weighted by Gasteiger charge is -2.18. The van der Waals surface area contributed by atoms with Crippen LogP contribution in [0.5, 0.6) is 5.75 Å². The van der Waals surface area contributed by atoms with Crippen LogP contribution in [0.15, 0.2) is 39.8 Å². The Morgan fingerprint density at radius 2 is 2.02 bits per heavy atom. The van der Waals surface area contributed by atoms with Crippen molar-refractivity contribution in [2.75, 3.05) is 30.8 Å². The summed E-state index contributed by atoms with van der Waals surface area (Å²) in [4.78, 5) is 24.3. The number of sulfonamides is 1. The van der Waals surface area contributed by atoms with E-state index in [0.717, 1.165) is 15.0 Å². The molecule has 1 aliphatic rings. The van der Waals surface area contributed by atoms with Gasteiger partial charge in [0.15, 0.2) is 6.10 Å². The van der Waals surface area contributed by atoms with Crippen molar-refractivity contribution in [3.8, 4) is 5.75 Å². The van der Waals surface area contributed by atoms with E-state index < -0.39 is 40.2 Å². The molecular weight excluding hydrogens is 625 g/mol. The average molecular weight is 659 g/mol. The van der Waals surface area contributed by atoms with Crippen LogP contribution in [-0.2, 0) is 19.6 Å². The van der Waals surface area contributed by atoms with Crippen LogP contribution in [-0.4, -0.2) is 85.3 Å². The van der Waals surface area contributed by atoms with E-state index in [4.69, 9.17) is 9.47 Å². The number of hydrogen-bond acceptors (Lipinski definition) is 10. The van der Waals surface area contributed by atoms with Gasteiger partial charge in [-0.3, -0.25) is 10.1 Å². The fraction of sp³-hybridized carbons (Fsp3) is 0.462. The maximum absolute atomic E-state index is 14.8. The number of carbonyl (C=O) groups excluding carboxylic acids is 1. The molecule has 0 saturated heterocycles. The molecule has 3 atom stereocenters. The normalized spacial score (nSPS) is 16.8. The molecule has 0 saturated carbocycles. The van der Waals surface area contributed by atoms with Crippen LogP contribution in [0.1, 0.15) is 43.9 Å². The van der Waals surface area contributed by atoms with E-state index in [1.165, 1.54) is 19.2 Å². The quantitative estimate of drug-likeness (QED) is 0.291. The number of hydrogen-bond donors (Lipinski definition) is 3. The maximum atomic E-state index is 14.8. The van der Waals surface area contributed by atoms with E-state index in [-0.39, 0.29) is 55.1 Å². The second kappa shape index (κ2) is 14.2. The average Bonchev–Trinajstić information content (AvgIpc) is 3.32. The van der Waals surface area contributed by atoms with E-state index in [9.17, 15) is 27.8 Å². The Balaban J connectivity index is 1.50. The number of amides is 1. The Morgan fingerprint density at radius 3 is 2.68 bits per heavy atom. The van der Waals surface area contributed by atoms with Crippen LogP contribution in [0.3, 0.4) is 0 Å². The molecule has 0 aliphatic carbocycles. The lowest BCUT2D eigenvalue weighted by Crippen LogP contribution is -2.35. The smallest absolute Gasteiger partial charge is 0.292 e. The topological polar surface area (TPSA) is 164 Å². The summed E-state index contributed by atoms with van der Waals surface area (Å²) in [7, 11) is -2.48. The summed E-state index contributed by atoms with van der Waals surface area (Å²) in [6, 6.07) is 7.37. The van der Waals surface area contributed by atoms with E-state index >= 15 is 0 Å². The van der Waals surface area contributed by atoms with Crippen LogP contribution in [0.25, 0.3) is 6.08 Å². The second-order valence-electron chi connectivity index (χ2n) is 9.69. The Labute approximate surface area is 246 Å². The first-order chi connectivity index (χ1) is 19.2. The largest absolute Gasteiger partial charge is 0.488 e. The molecule has 3 N–H and O–H groups in total. The van der Waals surface area contributed by atoms with Crippen molar-refractivity contribution in [3.05, 3.63) is 52.0 Å². The molecule has 2 heterocycles. The van der Waals surface area contributed by atoms with Gasteiger partial charge < -0.3 is 19.7 Å². The summed E-state index contributed by atoms with van der Waals surface area (Å²) in [5.74, 6) is -1.48. The molecule has 0 fully saturated rings. The van der Waals surface area contributed by atoms with Gasteiger partial charge in [-0.25, -0.2) is 22.7 Å². The first kappa shape index (κ1) is 32.4. The Hall–Kier alpha value is -3.14. The van der Waals surface area contributed by atoms with Gasteiger partial charge in [0.2, 0.25) is 27.8 Å². The van der Waals surface area contributed by atoms with Gasteiger partial charge in [-0.1, -0.05) is 32.1 Å². The van der Waals surface area contributed by atoms with Gasteiger partial charge in [-0.15, -0.1) is 0 Å². The minimum atomic E-state index is -3.70. The molecule has 1 aliphatic heterocycles. The van der Waals surface area contributed by atoms with E-state index in [0.29, 0.717) is 5.75 Å². The van der Waals surface area contributed by atoms with Crippen molar-refractivity contribution < 1.29 is 37.3 Å². The van der Waals surface area contributed by atoms with Crippen LogP contribution < -0.4 is 14.4 Å². The summed E-state index contributed by atoms with van der Waals surface area (Å²) in [5, 5.41) is 23.1. The van der Waals surface area contributed by atoms with Crippen molar-refractivity contribution in [1.29, 1.82) is 0 Å². The number of nitrogens with zero attached hydrogens (tertiary/aromatic N) is 4. The number of halogens is 2. The van der Waals surface area contributed by atoms with Gasteiger partial charge in [0, 0.05) is 13.5 Å². The van der Waals surface area contributed by atoms with E-state index in [1.54, 1.807) is 19.9 Å². The third-order valence-corrected chi connectivity index (χ3v) is 7.70. The Kier molecular flexibility index (Phi) is 11.2. The van der Waals surface area contributed by atoms with Crippen LogP contribution in [0, 0.1) is 5.95 Å².